The van der Waals surface area contributed by atoms with Crippen molar-refractivity contribution < 1.29 is 18.5 Å². The molecule has 4 nitrogen and oxygen atoms in total. The summed E-state index contributed by atoms with van der Waals surface area (Å²) < 4.78 is 22.3. The van der Waals surface area contributed by atoms with E-state index in [0.29, 0.717) is 0 Å². The number of phosphoric ester groups is 1. The van der Waals surface area contributed by atoms with Crippen LogP contribution in [0.2, 0.25) is 0 Å². The SMILES string of the molecule is CCCCCCOP(=O)(O)OC(C)(C)c1ccccc1. The maximum absolute atomic E-state index is 11.9. The Morgan fingerprint density at radius 2 is 1.80 bits per heavy atom. The van der Waals surface area contributed by atoms with Gasteiger partial charge in [-0.2, -0.15) is 0 Å². The van der Waals surface area contributed by atoms with Crippen molar-refractivity contribution in [3.05, 3.63) is 35.9 Å². The fourth-order valence-corrected chi connectivity index (χ4v) is 3.01. The molecule has 0 heterocycles. The van der Waals surface area contributed by atoms with E-state index in [-0.39, 0.29) is 6.61 Å². The van der Waals surface area contributed by atoms with Crippen LogP contribution in [0, 0.1) is 0 Å². The van der Waals surface area contributed by atoms with Crippen molar-refractivity contribution in [3.63, 3.8) is 0 Å². The fraction of sp³-hybridized carbons (Fsp3) is 0.600. The summed E-state index contributed by atoms with van der Waals surface area (Å²) in [7, 11) is -4.03. The van der Waals surface area contributed by atoms with Gasteiger partial charge in [-0.05, 0) is 25.8 Å². The summed E-state index contributed by atoms with van der Waals surface area (Å²) in [6.45, 7) is 5.87. The fourth-order valence-electron chi connectivity index (χ4n) is 1.92. The first-order valence-corrected chi connectivity index (χ1v) is 8.60. The van der Waals surface area contributed by atoms with Crippen LogP contribution in [0.5, 0.6) is 0 Å². The van der Waals surface area contributed by atoms with Gasteiger partial charge in [0.25, 0.3) is 0 Å². The second-order valence-electron chi connectivity index (χ2n) is 5.33. The normalized spacial score (nSPS) is 15.0. The molecule has 0 radical (unpaired) electrons. The number of hydrogen-bond acceptors (Lipinski definition) is 3. The molecule has 0 aromatic heterocycles. The number of phosphoric acid groups is 1. The second kappa shape index (κ2) is 7.94. The standard InChI is InChI=1S/C15H25O4P/c1-4-5-6-10-13-18-20(16,17)19-15(2,3)14-11-8-7-9-12-14/h7-9,11-12H,4-6,10,13H2,1-3H3,(H,16,17). The van der Waals surface area contributed by atoms with Crippen LogP contribution in [0.3, 0.4) is 0 Å². The minimum atomic E-state index is -4.03. The summed E-state index contributed by atoms with van der Waals surface area (Å²) >= 11 is 0. The maximum Gasteiger partial charge on any atom is 0.473 e. The molecule has 20 heavy (non-hydrogen) atoms. The molecular weight excluding hydrogens is 275 g/mol. The van der Waals surface area contributed by atoms with Gasteiger partial charge in [0.1, 0.15) is 0 Å². The second-order valence-corrected chi connectivity index (χ2v) is 6.71. The Bertz CT molecular complexity index is 431. The highest BCUT2D eigenvalue weighted by Gasteiger charge is 2.33. The topological polar surface area (TPSA) is 55.8 Å². The Kier molecular flexibility index (Phi) is 6.90. The van der Waals surface area contributed by atoms with Crippen LogP contribution in [-0.4, -0.2) is 11.5 Å². The molecule has 114 valence electrons. The van der Waals surface area contributed by atoms with Crippen molar-refractivity contribution in [1.82, 2.24) is 0 Å². The molecule has 0 amide bonds. The van der Waals surface area contributed by atoms with E-state index in [4.69, 9.17) is 9.05 Å². The monoisotopic (exact) mass is 300 g/mol. The molecule has 0 spiro atoms. The third-order valence-electron chi connectivity index (χ3n) is 3.06. The molecule has 0 aliphatic heterocycles. The van der Waals surface area contributed by atoms with E-state index >= 15 is 0 Å². The molecule has 0 fully saturated rings. The zero-order chi connectivity index (χ0) is 15.1. The molecule has 1 rings (SSSR count). The molecule has 0 saturated heterocycles. The van der Waals surface area contributed by atoms with Crippen LogP contribution >= 0.6 is 7.82 Å². The van der Waals surface area contributed by atoms with Crippen molar-refractivity contribution in [2.24, 2.45) is 0 Å². The van der Waals surface area contributed by atoms with E-state index in [1.165, 1.54) is 0 Å². The molecule has 0 aliphatic carbocycles. The lowest BCUT2D eigenvalue weighted by Gasteiger charge is -2.27. The van der Waals surface area contributed by atoms with E-state index in [1.807, 2.05) is 30.3 Å². The van der Waals surface area contributed by atoms with Gasteiger partial charge in [0.15, 0.2) is 0 Å². The zero-order valence-corrected chi connectivity index (χ0v) is 13.4. The Hall–Kier alpha value is -0.670. The molecule has 1 atom stereocenters. The molecule has 1 aromatic carbocycles. The lowest BCUT2D eigenvalue weighted by molar-refractivity contribution is 0.0458. The summed E-state index contributed by atoms with van der Waals surface area (Å²) in [5, 5.41) is 0. The van der Waals surface area contributed by atoms with Crippen LogP contribution in [0.15, 0.2) is 30.3 Å². The summed E-state index contributed by atoms with van der Waals surface area (Å²) in [6, 6.07) is 9.35. The first kappa shape index (κ1) is 17.4. The van der Waals surface area contributed by atoms with E-state index in [0.717, 1.165) is 31.2 Å². The third kappa shape index (κ3) is 6.19. The van der Waals surface area contributed by atoms with Gasteiger partial charge in [-0.3, -0.25) is 9.05 Å². The van der Waals surface area contributed by atoms with E-state index in [1.54, 1.807) is 13.8 Å². The van der Waals surface area contributed by atoms with Crippen LogP contribution in [0.25, 0.3) is 0 Å². The van der Waals surface area contributed by atoms with Crippen molar-refractivity contribution in [2.75, 3.05) is 6.61 Å². The predicted octanol–water partition coefficient (Wildman–Crippen LogP) is 4.64. The van der Waals surface area contributed by atoms with Crippen molar-refractivity contribution in [1.29, 1.82) is 0 Å². The Morgan fingerprint density at radius 1 is 1.15 bits per heavy atom. The number of hydrogen-bond donors (Lipinski definition) is 1. The molecule has 5 heteroatoms. The van der Waals surface area contributed by atoms with Gasteiger partial charge in [-0.1, -0.05) is 56.5 Å². The lowest BCUT2D eigenvalue weighted by Crippen LogP contribution is -2.20. The van der Waals surface area contributed by atoms with Gasteiger partial charge in [0.05, 0.1) is 12.2 Å². The first-order valence-electron chi connectivity index (χ1n) is 7.11. The largest absolute Gasteiger partial charge is 0.473 e. The first-order chi connectivity index (χ1) is 9.37. The van der Waals surface area contributed by atoms with E-state index in [9.17, 15) is 9.46 Å². The van der Waals surface area contributed by atoms with Crippen LogP contribution in [0.4, 0.5) is 0 Å². The quantitative estimate of drug-likeness (QED) is 0.533. The highest BCUT2D eigenvalue weighted by molar-refractivity contribution is 7.47. The van der Waals surface area contributed by atoms with E-state index < -0.39 is 13.4 Å². The molecule has 0 aliphatic rings. The lowest BCUT2D eigenvalue weighted by atomic mass is 9.99. The molecule has 0 saturated carbocycles. The summed E-state index contributed by atoms with van der Waals surface area (Å²) in [6.07, 6.45) is 4.00. The van der Waals surface area contributed by atoms with Crippen molar-refractivity contribution >= 4 is 7.82 Å². The summed E-state index contributed by atoms with van der Waals surface area (Å²) in [5.74, 6) is 0. The maximum atomic E-state index is 11.9. The molecule has 1 aromatic rings. The van der Waals surface area contributed by atoms with Crippen LogP contribution in [0.1, 0.15) is 52.0 Å². The van der Waals surface area contributed by atoms with Gasteiger partial charge >= 0.3 is 7.82 Å². The molecule has 0 bridgehead atoms. The van der Waals surface area contributed by atoms with Crippen LogP contribution < -0.4 is 0 Å². The summed E-state index contributed by atoms with van der Waals surface area (Å²) in [5.41, 5.74) is -0.0292. The van der Waals surface area contributed by atoms with Gasteiger partial charge in [0, 0.05) is 0 Å². The predicted molar refractivity (Wildman–Crippen MR) is 80.5 cm³/mol. The average Bonchev–Trinajstić information content (AvgIpc) is 2.38. The number of benzene rings is 1. The smallest absolute Gasteiger partial charge is 0.302 e. The van der Waals surface area contributed by atoms with Crippen molar-refractivity contribution in [2.45, 2.75) is 52.1 Å². The molecule has 1 unspecified atom stereocenters. The average molecular weight is 300 g/mol. The highest BCUT2D eigenvalue weighted by atomic mass is 31.2. The highest BCUT2D eigenvalue weighted by Crippen LogP contribution is 2.50. The zero-order valence-electron chi connectivity index (χ0n) is 12.5. The van der Waals surface area contributed by atoms with Gasteiger partial charge < -0.3 is 4.89 Å². The van der Waals surface area contributed by atoms with Gasteiger partial charge in [-0.15, -0.1) is 0 Å². The van der Waals surface area contributed by atoms with Crippen molar-refractivity contribution in [3.8, 4) is 0 Å². The summed E-state index contributed by atoms with van der Waals surface area (Å²) in [4.78, 5) is 9.78. The van der Waals surface area contributed by atoms with E-state index in [2.05, 4.69) is 6.92 Å². The minimum absolute atomic E-state index is 0.249. The Labute approximate surface area is 121 Å². The van der Waals surface area contributed by atoms with Crippen LogP contribution in [-0.2, 0) is 19.2 Å². The molecule has 1 N–H and O–H groups in total. The number of rotatable bonds is 9. The van der Waals surface area contributed by atoms with Gasteiger partial charge in [0.2, 0.25) is 0 Å². The molecular formula is C15H25O4P. The third-order valence-corrected chi connectivity index (χ3v) is 4.26. The minimum Gasteiger partial charge on any atom is -0.302 e. The van der Waals surface area contributed by atoms with Gasteiger partial charge in [-0.25, -0.2) is 4.57 Å². The Balaban J connectivity index is 2.50. The Morgan fingerprint density at radius 3 is 2.40 bits per heavy atom. The number of unbranched alkanes of at least 4 members (excludes halogenated alkanes) is 3.